The topological polar surface area (TPSA) is 73.6 Å². The van der Waals surface area contributed by atoms with Crippen molar-refractivity contribution in [1.29, 1.82) is 0 Å². The Morgan fingerprint density at radius 2 is 1.62 bits per heavy atom. The number of rotatable bonds is 3. The van der Waals surface area contributed by atoms with Gasteiger partial charge in [-0.2, -0.15) is 0 Å². The highest BCUT2D eigenvalue weighted by molar-refractivity contribution is 6.47. The molecule has 0 radical (unpaired) electrons. The maximum Gasteiger partial charge on any atom is 0.480 e. The molecule has 1 fully saturated rings. The fraction of sp³-hybridized carbons (Fsp3) is 0.533. The molecule has 2 rings (SSSR count). The molecule has 6 heteroatoms. The minimum atomic E-state index is -0.485. The van der Waals surface area contributed by atoms with Crippen LogP contribution in [0.4, 0.5) is 5.69 Å². The first-order valence-electron chi connectivity index (χ1n) is 7.11. The van der Waals surface area contributed by atoms with Gasteiger partial charge in [-0.3, -0.25) is 4.79 Å². The molecule has 1 saturated heterocycles. The van der Waals surface area contributed by atoms with Crippen LogP contribution in [0, 0.1) is 0 Å². The van der Waals surface area contributed by atoms with Gasteiger partial charge in [-0.1, -0.05) is 12.1 Å². The Kier molecular flexibility index (Phi) is 4.15. The molecule has 0 aliphatic carbocycles. The smallest absolute Gasteiger partial charge is 0.402 e. The molecule has 0 unspecified atom stereocenters. The summed E-state index contributed by atoms with van der Waals surface area (Å²) in [6.07, 6.45) is 0. The number of carbonyl (C=O) groups excluding carboxylic acids is 1. The molecule has 21 heavy (non-hydrogen) atoms. The second kappa shape index (κ2) is 5.44. The van der Waals surface area contributed by atoms with Crippen LogP contribution in [0.5, 0.6) is 0 Å². The van der Waals surface area contributed by atoms with E-state index in [1.54, 1.807) is 0 Å². The first-order valence-corrected chi connectivity index (χ1v) is 7.11. The standard InChI is InChI=1S/C15H23BN2O3/c1-10(19)18-12-8-6-11(7-9-12)13(17)16-20-14(2,3)15(4,5)21-16/h6-9,13H,17H2,1-5H3,(H,18,19)/t13-/m0/s1. The number of carbonyl (C=O) groups is 1. The van der Waals surface area contributed by atoms with Gasteiger partial charge < -0.3 is 20.4 Å². The summed E-state index contributed by atoms with van der Waals surface area (Å²) < 4.78 is 11.9. The van der Waals surface area contributed by atoms with Crippen LogP contribution < -0.4 is 11.1 Å². The van der Waals surface area contributed by atoms with Gasteiger partial charge in [0, 0.05) is 12.6 Å². The van der Waals surface area contributed by atoms with Crippen molar-refractivity contribution in [3.63, 3.8) is 0 Å². The van der Waals surface area contributed by atoms with Gasteiger partial charge in [0.2, 0.25) is 5.91 Å². The van der Waals surface area contributed by atoms with Gasteiger partial charge in [-0.25, -0.2) is 0 Å². The second-order valence-corrected chi connectivity index (χ2v) is 6.45. The monoisotopic (exact) mass is 290 g/mol. The molecular weight excluding hydrogens is 267 g/mol. The molecule has 114 valence electrons. The third kappa shape index (κ3) is 3.28. The highest BCUT2D eigenvalue weighted by Crippen LogP contribution is 2.39. The van der Waals surface area contributed by atoms with Crippen LogP contribution >= 0.6 is 0 Å². The number of benzene rings is 1. The minimum absolute atomic E-state index is 0.0991. The summed E-state index contributed by atoms with van der Waals surface area (Å²) in [5.74, 6) is -0.476. The zero-order valence-corrected chi connectivity index (χ0v) is 13.3. The summed E-state index contributed by atoms with van der Waals surface area (Å²) in [5, 5.41) is 2.72. The summed E-state index contributed by atoms with van der Waals surface area (Å²) in [6.45, 7) is 9.47. The molecule has 0 saturated carbocycles. The van der Waals surface area contributed by atoms with Gasteiger partial charge in [-0.15, -0.1) is 0 Å². The van der Waals surface area contributed by atoms with Crippen LogP contribution in [0.1, 0.15) is 46.1 Å². The lowest BCUT2D eigenvalue weighted by molar-refractivity contribution is -0.114. The predicted octanol–water partition coefficient (Wildman–Crippen LogP) is 2.28. The minimum Gasteiger partial charge on any atom is -0.402 e. The molecule has 1 amide bonds. The van der Waals surface area contributed by atoms with Crippen LogP contribution in [0.3, 0.4) is 0 Å². The molecule has 1 aliphatic rings. The van der Waals surface area contributed by atoms with Crippen molar-refractivity contribution < 1.29 is 14.1 Å². The third-order valence-electron chi connectivity index (χ3n) is 4.18. The molecule has 1 heterocycles. The summed E-state index contributed by atoms with van der Waals surface area (Å²) >= 11 is 0. The summed E-state index contributed by atoms with van der Waals surface area (Å²) in [4.78, 5) is 11.0. The van der Waals surface area contributed by atoms with E-state index in [9.17, 15) is 4.79 Å². The Labute approximate surface area is 126 Å². The van der Waals surface area contributed by atoms with E-state index in [2.05, 4.69) is 5.32 Å². The van der Waals surface area contributed by atoms with Gasteiger partial charge in [-0.05, 0) is 45.4 Å². The molecule has 0 aromatic heterocycles. The third-order valence-corrected chi connectivity index (χ3v) is 4.18. The number of hydrogen-bond acceptors (Lipinski definition) is 4. The zero-order valence-electron chi connectivity index (χ0n) is 13.3. The van der Waals surface area contributed by atoms with Gasteiger partial charge in [0.1, 0.15) is 0 Å². The van der Waals surface area contributed by atoms with E-state index >= 15 is 0 Å². The first kappa shape index (κ1) is 16.0. The van der Waals surface area contributed by atoms with Crippen molar-refractivity contribution in [2.24, 2.45) is 5.73 Å². The average Bonchev–Trinajstić information content (AvgIpc) is 2.58. The van der Waals surface area contributed by atoms with Crippen LogP contribution in [0.15, 0.2) is 24.3 Å². The fourth-order valence-corrected chi connectivity index (χ4v) is 2.18. The average molecular weight is 290 g/mol. The molecule has 0 bridgehead atoms. The van der Waals surface area contributed by atoms with Gasteiger partial charge >= 0.3 is 7.12 Å². The molecule has 0 spiro atoms. The summed E-state index contributed by atoms with van der Waals surface area (Å²) in [5.41, 5.74) is 7.11. The van der Waals surface area contributed by atoms with Crippen LogP contribution in [-0.2, 0) is 14.1 Å². The summed E-state index contributed by atoms with van der Waals surface area (Å²) in [7, 11) is -0.485. The molecular formula is C15H23BN2O3. The number of hydrogen-bond donors (Lipinski definition) is 2. The SMILES string of the molecule is CC(=O)Nc1ccc([C@H](N)B2OC(C)(C)C(C)(C)O2)cc1. The predicted molar refractivity (Wildman–Crippen MR) is 83.8 cm³/mol. The highest BCUT2D eigenvalue weighted by atomic mass is 16.7. The van der Waals surface area contributed by atoms with E-state index in [1.165, 1.54) is 6.92 Å². The van der Waals surface area contributed by atoms with Crippen molar-refractivity contribution in [1.82, 2.24) is 0 Å². The quantitative estimate of drug-likeness (QED) is 0.838. The number of amides is 1. The lowest BCUT2D eigenvalue weighted by Crippen LogP contribution is -2.41. The Morgan fingerprint density at radius 1 is 1.14 bits per heavy atom. The van der Waals surface area contributed by atoms with Crippen molar-refractivity contribution in [2.75, 3.05) is 5.32 Å². The Hall–Kier alpha value is -1.37. The van der Waals surface area contributed by atoms with Crippen LogP contribution in [-0.4, -0.2) is 24.2 Å². The zero-order chi connectivity index (χ0) is 15.8. The molecule has 1 atom stereocenters. The van der Waals surface area contributed by atoms with E-state index in [-0.39, 0.29) is 11.8 Å². The van der Waals surface area contributed by atoms with Crippen molar-refractivity contribution in [3.05, 3.63) is 29.8 Å². The second-order valence-electron chi connectivity index (χ2n) is 6.45. The van der Waals surface area contributed by atoms with Gasteiger partial charge in [0.15, 0.2) is 0 Å². The molecule has 5 nitrogen and oxygen atoms in total. The van der Waals surface area contributed by atoms with Crippen molar-refractivity contribution >= 4 is 18.7 Å². The Morgan fingerprint density at radius 3 is 2.05 bits per heavy atom. The Balaban J connectivity index is 2.11. The molecule has 1 aromatic rings. The normalized spacial score (nSPS) is 21.1. The highest BCUT2D eigenvalue weighted by Gasteiger charge is 2.53. The lowest BCUT2D eigenvalue weighted by Gasteiger charge is -2.32. The van der Waals surface area contributed by atoms with E-state index in [0.29, 0.717) is 0 Å². The van der Waals surface area contributed by atoms with E-state index < -0.39 is 18.3 Å². The van der Waals surface area contributed by atoms with Crippen molar-refractivity contribution in [2.45, 2.75) is 51.8 Å². The number of anilines is 1. The van der Waals surface area contributed by atoms with E-state index in [1.807, 2.05) is 52.0 Å². The van der Waals surface area contributed by atoms with E-state index in [4.69, 9.17) is 15.0 Å². The lowest BCUT2D eigenvalue weighted by atomic mass is 9.75. The molecule has 3 N–H and O–H groups in total. The molecule has 1 aliphatic heterocycles. The maximum absolute atomic E-state index is 11.0. The van der Waals surface area contributed by atoms with Gasteiger partial charge in [0.05, 0.1) is 17.1 Å². The summed E-state index contributed by atoms with van der Waals surface area (Å²) in [6, 6.07) is 7.39. The fourth-order valence-electron chi connectivity index (χ4n) is 2.18. The number of nitrogens with two attached hydrogens (primary N) is 1. The Bertz CT molecular complexity index is 512. The molecule has 1 aromatic carbocycles. The van der Waals surface area contributed by atoms with Gasteiger partial charge in [0.25, 0.3) is 0 Å². The van der Waals surface area contributed by atoms with Crippen molar-refractivity contribution in [3.8, 4) is 0 Å². The largest absolute Gasteiger partial charge is 0.480 e. The van der Waals surface area contributed by atoms with Crippen LogP contribution in [0.25, 0.3) is 0 Å². The number of nitrogens with one attached hydrogen (secondary N) is 1. The first-order chi connectivity index (χ1) is 9.62. The van der Waals surface area contributed by atoms with E-state index in [0.717, 1.165) is 11.3 Å². The maximum atomic E-state index is 11.0. The van der Waals surface area contributed by atoms with Crippen LogP contribution in [0.2, 0.25) is 0 Å².